The summed E-state index contributed by atoms with van der Waals surface area (Å²) in [6, 6.07) is 9.77. The second kappa shape index (κ2) is 8.58. The first-order valence-corrected chi connectivity index (χ1v) is 12.1. The van der Waals surface area contributed by atoms with Gasteiger partial charge in [0.2, 0.25) is 5.91 Å². The Kier molecular flexibility index (Phi) is 5.92. The number of nitrogens with one attached hydrogen (secondary N) is 2. The number of carbonyl (C=O) groups is 1. The van der Waals surface area contributed by atoms with Gasteiger partial charge in [-0.2, -0.15) is 0 Å². The number of nitrogens with two attached hydrogens (primary N) is 1. The number of amidine groups is 1. The zero-order valence-corrected chi connectivity index (χ0v) is 19.5. The van der Waals surface area contributed by atoms with E-state index in [0.717, 1.165) is 0 Å². The van der Waals surface area contributed by atoms with Gasteiger partial charge < -0.3 is 11.1 Å². The summed E-state index contributed by atoms with van der Waals surface area (Å²) in [5.74, 6) is -0.711. The molecule has 1 aromatic carbocycles. The predicted molar refractivity (Wildman–Crippen MR) is 128 cm³/mol. The minimum atomic E-state index is -3.87. The van der Waals surface area contributed by atoms with Gasteiger partial charge in [-0.05, 0) is 36.6 Å². The van der Waals surface area contributed by atoms with Crippen molar-refractivity contribution >= 4 is 33.0 Å². The standard InChI is InChI=1S/C23H25N5O5S/c1-12-9-17-20(25-11-18(34(17,32)33)15-7-5-4-6-8-15)23(30)28(12)21-16(10-19(29)27-31)13(2)14(3)26-22(21)24/h4-9,14,18,25,31H,2,10-11H2,1,3H3,(H2,24,26)(H,27,29). The lowest BCUT2D eigenvalue weighted by atomic mass is 9.93. The molecule has 11 heteroatoms. The lowest BCUT2D eigenvalue weighted by molar-refractivity contribution is -0.128. The molecule has 0 bridgehead atoms. The quantitative estimate of drug-likeness (QED) is 0.379. The summed E-state index contributed by atoms with van der Waals surface area (Å²) in [7, 11) is -3.87. The predicted octanol–water partition coefficient (Wildman–Crippen LogP) is 1.52. The summed E-state index contributed by atoms with van der Waals surface area (Å²) in [6.07, 6.45) is -0.296. The Balaban J connectivity index is 1.93. The van der Waals surface area contributed by atoms with Crippen LogP contribution in [-0.2, 0) is 14.6 Å². The number of hydrogen-bond donors (Lipinski definition) is 4. The van der Waals surface area contributed by atoms with Crippen LogP contribution in [0, 0.1) is 6.92 Å². The minimum Gasteiger partial charge on any atom is -0.382 e. The Bertz CT molecular complexity index is 1420. The molecule has 0 saturated carbocycles. The van der Waals surface area contributed by atoms with Crippen molar-refractivity contribution < 1.29 is 18.4 Å². The molecule has 1 amide bonds. The normalized spacial score (nSPS) is 21.4. The molecule has 1 aromatic heterocycles. The third kappa shape index (κ3) is 3.72. The van der Waals surface area contributed by atoms with Gasteiger partial charge >= 0.3 is 0 Å². The Morgan fingerprint density at radius 1 is 1.35 bits per heavy atom. The number of nitrogens with zero attached hydrogens (tertiary/aromatic N) is 2. The summed E-state index contributed by atoms with van der Waals surface area (Å²) < 4.78 is 28.2. The number of pyridine rings is 1. The fourth-order valence-electron chi connectivity index (χ4n) is 4.34. The van der Waals surface area contributed by atoms with Gasteiger partial charge in [0.05, 0.1) is 23.1 Å². The van der Waals surface area contributed by atoms with Crippen LogP contribution in [-0.4, -0.2) is 42.5 Å². The van der Waals surface area contributed by atoms with Crippen molar-refractivity contribution in [2.45, 2.75) is 36.5 Å². The van der Waals surface area contributed by atoms with Crippen LogP contribution in [0.1, 0.15) is 29.9 Å². The number of rotatable bonds is 4. The van der Waals surface area contributed by atoms with Crippen molar-refractivity contribution in [1.82, 2.24) is 10.0 Å². The summed E-state index contributed by atoms with van der Waals surface area (Å²) in [4.78, 5) is 29.8. The number of fused-ring (bicyclic) bond motifs is 1. The van der Waals surface area contributed by atoms with Gasteiger partial charge in [-0.25, -0.2) is 13.9 Å². The number of sulfone groups is 1. The largest absolute Gasteiger partial charge is 0.382 e. The first kappa shape index (κ1) is 23.5. The molecule has 2 aromatic rings. The fraction of sp³-hybridized carbons (Fsp3) is 0.261. The highest BCUT2D eigenvalue weighted by Gasteiger charge is 2.38. The van der Waals surface area contributed by atoms with Gasteiger partial charge in [0.25, 0.3) is 5.56 Å². The van der Waals surface area contributed by atoms with Gasteiger partial charge in [-0.3, -0.25) is 24.4 Å². The topological polar surface area (TPSA) is 156 Å². The fourth-order valence-corrected chi connectivity index (χ4v) is 6.25. The van der Waals surface area contributed by atoms with Crippen LogP contribution in [0.2, 0.25) is 0 Å². The highest BCUT2D eigenvalue weighted by atomic mass is 32.2. The van der Waals surface area contributed by atoms with Crippen molar-refractivity contribution in [2.75, 3.05) is 11.9 Å². The van der Waals surface area contributed by atoms with Gasteiger partial charge in [0, 0.05) is 12.2 Å². The number of aromatic nitrogens is 1. The number of aliphatic imine (C=N–C) groups is 1. The zero-order valence-electron chi connectivity index (χ0n) is 18.7. The third-order valence-electron chi connectivity index (χ3n) is 6.11. The molecule has 5 N–H and O–H groups in total. The molecule has 2 unspecified atom stereocenters. The van der Waals surface area contributed by atoms with Crippen molar-refractivity contribution in [3.63, 3.8) is 0 Å². The van der Waals surface area contributed by atoms with E-state index in [4.69, 9.17) is 10.9 Å². The molecular formula is C23H25N5O5S. The molecule has 2 aliphatic rings. The van der Waals surface area contributed by atoms with Gasteiger partial charge in [-0.1, -0.05) is 36.9 Å². The molecule has 2 aliphatic heterocycles. The second-order valence-corrected chi connectivity index (χ2v) is 10.3. The van der Waals surface area contributed by atoms with Gasteiger partial charge in [0.1, 0.15) is 16.8 Å². The van der Waals surface area contributed by atoms with Gasteiger partial charge in [0.15, 0.2) is 9.84 Å². The molecular weight excluding hydrogens is 458 g/mol. The smallest absolute Gasteiger partial charge is 0.280 e. The highest BCUT2D eigenvalue weighted by Crippen LogP contribution is 2.37. The van der Waals surface area contributed by atoms with Crippen molar-refractivity contribution in [2.24, 2.45) is 10.7 Å². The SMILES string of the molecule is C=C1C(CC(=O)NO)=C(n2c(C)cc3c(c2=O)NCC(c2ccccc2)S3(=O)=O)C(N)=NC1C. The number of dihydropyridines is 1. The Morgan fingerprint density at radius 2 is 2.03 bits per heavy atom. The molecule has 4 rings (SSSR count). The number of benzene rings is 1. The van der Waals surface area contributed by atoms with E-state index in [1.165, 1.54) is 10.6 Å². The van der Waals surface area contributed by atoms with Crippen LogP contribution in [0.5, 0.6) is 0 Å². The second-order valence-electron chi connectivity index (χ2n) is 8.25. The van der Waals surface area contributed by atoms with E-state index < -0.39 is 32.6 Å². The third-order valence-corrected chi connectivity index (χ3v) is 8.23. The molecule has 0 saturated heterocycles. The molecule has 10 nitrogen and oxygen atoms in total. The molecule has 0 fully saturated rings. The van der Waals surface area contributed by atoms with Crippen LogP contribution in [0.15, 0.2) is 68.8 Å². The van der Waals surface area contributed by atoms with Crippen molar-refractivity contribution in [1.29, 1.82) is 0 Å². The van der Waals surface area contributed by atoms with Crippen LogP contribution >= 0.6 is 0 Å². The van der Waals surface area contributed by atoms with E-state index in [2.05, 4.69) is 16.9 Å². The Labute approximate surface area is 196 Å². The zero-order chi connectivity index (χ0) is 24.8. The van der Waals surface area contributed by atoms with Crippen molar-refractivity contribution in [3.05, 3.63) is 75.7 Å². The van der Waals surface area contributed by atoms with Crippen LogP contribution in [0.25, 0.3) is 5.70 Å². The number of anilines is 1. The molecule has 2 atom stereocenters. The Hall–Kier alpha value is -3.70. The van der Waals surface area contributed by atoms with E-state index in [-0.39, 0.29) is 35.1 Å². The van der Waals surface area contributed by atoms with E-state index in [1.807, 2.05) is 0 Å². The molecule has 178 valence electrons. The molecule has 3 heterocycles. The monoisotopic (exact) mass is 483 g/mol. The number of amides is 1. The maximum Gasteiger partial charge on any atom is 0.280 e. The Morgan fingerprint density at radius 3 is 2.68 bits per heavy atom. The van der Waals surface area contributed by atoms with Crippen LogP contribution in [0.4, 0.5) is 5.69 Å². The molecule has 0 radical (unpaired) electrons. The first-order valence-electron chi connectivity index (χ1n) is 10.6. The first-order chi connectivity index (χ1) is 16.1. The number of aryl methyl sites for hydroxylation is 1. The van der Waals surface area contributed by atoms with E-state index in [0.29, 0.717) is 22.4 Å². The summed E-state index contributed by atoms with van der Waals surface area (Å²) in [6.45, 7) is 7.31. The van der Waals surface area contributed by atoms with Gasteiger partial charge in [-0.15, -0.1) is 0 Å². The summed E-state index contributed by atoms with van der Waals surface area (Å²) in [5.41, 5.74) is 8.90. The van der Waals surface area contributed by atoms with Crippen molar-refractivity contribution in [3.8, 4) is 0 Å². The van der Waals surface area contributed by atoms with E-state index in [9.17, 15) is 18.0 Å². The highest BCUT2D eigenvalue weighted by molar-refractivity contribution is 7.92. The average Bonchev–Trinajstić information content (AvgIpc) is 2.80. The van der Waals surface area contributed by atoms with Crippen LogP contribution < -0.4 is 22.1 Å². The lowest BCUT2D eigenvalue weighted by Crippen LogP contribution is -2.39. The van der Waals surface area contributed by atoms with E-state index >= 15 is 0 Å². The summed E-state index contributed by atoms with van der Waals surface area (Å²) in [5, 5.41) is 11.2. The molecule has 34 heavy (non-hydrogen) atoms. The number of hydroxylamine groups is 1. The average molecular weight is 484 g/mol. The number of carbonyl (C=O) groups excluding carboxylic acids is 1. The van der Waals surface area contributed by atoms with Crippen LogP contribution in [0.3, 0.4) is 0 Å². The maximum atomic E-state index is 13.6. The minimum absolute atomic E-state index is 0.00613. The molecule has 0 spiro atoms. The molecule has 0 aliphatic carbocycles. The number of hydrogen-bond acceptors (Lipinski definition) is 8. The lowest BCUT2D eigenvalue weighted by Gasteiger charge is -2.30. The maximum absolute atomic E-state index is 13.6. The summed E-state index contributed by atoms with van der Waals surface area (Å²) >= 11 is 0. The van der Waals surface area contributed by atoms with E-state index in [1.54, 1.807) is 49.7 Å².